The van der Waals surface area contributed by atoms with Crippen LogP contribution in [-0.2, 0) is 12.7 Å². The molecule has 0 N–H and O–H groups in total. The third kappa shape index (κ3) is 10.6. The van der Waals surface area contributed by atoms with E-state index in [9.17, 15) is 0 Å². The van der Waals surface area contributed by atoms with Crippen LogP contribution in [0, 0.1) is 5.92 Å². The zero-order valence-electron chi connectivity index (χ0n) is 12.6. The Bertz CT molecular complexity index is 218. The van der Waals surface area contributed by atoms with E-state index in [1.165, 1.54) is 38.3 Å². The topological polar surface area (TPSA) is 0 Å². The summed E-state index contributed by atoms with van der Waals surface area (Å²) < 4.78 is 0. The SMILES string of the molecule is CC(C)P(CC=CC1CCCCC1)C(C)C.[Cl][Ni][Cl]. The van der Waals surface area contributed by atoms with Crippen molar-refractivity contribution < 1.29 is 12.7 Å². The van der Waals surface area contributed by atoms with E-state index in [2.05, 4.69) is 39.8 Å². The van der Waals surface area contributed by atoms with Crippen molar-refractivity contribution in [1.29, 1.82) is 0 Å². The Kier molecular flexibility index (Phi) is 13.8. The van der Waals surface area contributed by atoms with Crippen molar-refractivity contribution >= 4 is 28.3 Å². The van der Waals surface area contributed by atoms with Gasteiger partial charge in [0.15, 0.2) is 0 Å². The Labute approximate surface area is 136 Å². The molecular weight excluding hydrogens is 341 g/mol. The third-order valence-corrected chi connectivity index (χ3v) is 6.99. The maximum atomic E-state index is 4.70. The Balaban J connectivity index is 0.000000982. The van der Waals surface area contributed by atoms with Gasteiger partial charge in [0.2, 0.25) is 0 Å². The summed E-state index contributed by atoms with van der Waals surface area (Å²) in [6.45, 7) is 9.56. The van der Waals surface area contributed by atoms with Gasteiger partial charge in [-0.15, -0.1) is 0 Å². The van der Waals surface area contributed by atoms with Crippen LogP contribution in [0.5, 0.6) is 0 Å². The first-order valence-electron chi connectivity index (χ1n) is 7.27. The van der Waals surface area contributed by atoms with Crippen molar-refractivity contribution in [1.82, 2.24) is 0 Å². The van der Waals surface area contributed by atoms with Gasteiger partial charge in [0.05, 0.1) is 0 Å². The molecule has 0 aromatic rings. The number of halogens is 2. The molecule has 0 nitrogen and oxygen atoms in total. The summed E-state index contributed by atoms with van der Waals surface area (Å²) in [5.74, 6) is 0.907. The van der Waals surface area contributed by atoms with Crippen LogP contribution in [0.4, 0.5) is 0 Å². The third-order valence-electron chi connectivity index (χ3n) is 3.70. The van der Waals surface area contributed by atoms with Crippen molar-refractivity contribution in [2.45, 2.75) is 71.1 Å². The second-order valence-electron chi connectivity index (χ2n) is 5.76. The molecule has 1 aliphatic rings. The van der Waals surface area contributed by atoms with E-state index in [0.717, 1.165) is 17.2 Å². The van der Waals surface area contributed by atoms with Crippen LogP contribution in [0.15, 0.2) is 12.2 Å². The van der Waals surface area contributed by atoms with Gasteiger partial charge in [-0.05, 0) is 36.2 Å². The fourth-order valence-electron chi connectivity index (χ4n) is 2.72. The van der Waals surface area contributed by atoms with Crippen molar-refractivity contribution in [3.8, 4) is 0 Å². The first-order chi connectivity index (χ1) is 9.02. The number of allylic oxidation sites excluding steroid dienone is 2. The van der Waals surface area contributed by atoms with Crippen molar-refractivity contribution in [3.63, 3.8) is 0 Å². The van der Waals surface area contributed by atoms with Crippen molar-refractivity contribution in [2.75, 3.05) is 6.16 Å². The molecule has 0 unspecified atom stereocenters. The molecule has 0 bridgehead atoms. The molecule has 1 aliphatic carbocycles. The molecule has 0 aromatic heterocycles. The molecule has 0 spiro atoms. The quantitative estimate of drug-likeness (QED) is 0.284. The van der Waals surface area contributed by atoms with E-state index in [1.807, 2.05) is 0 Å². The van der Waals surface area contributed by atoms with Crippen molar-refractivity contribution in [2.24, 2.45) is 5.92 Å². The molecule has 0 amide bonds. The molecule has 19 heavy (non-hydrogen) atoms. The van der Waals surface area contributed by atoms with Gasteiger partial charge < -0.3 is 0 Å². The summed E-state index contributed by atoms with van der Waals surface area (Å²) in [6, 6.07) is 0. The maximum absolute atomic E-state index is 4.70. The first-order valence-corrected chi connectivity index (χ1v) is 11.7. The normalized spacial score (nSPS) is 17.5. The summed E-state index contributed by atoms with van der Waals surface area (Å²) in [4.78, 5) is 0. The number of hydrogen-bond acceptors (Lipinski definition) is 0. The van der Waals surface area contributed by atoms with Gasteiger partial charge in [-0.3, -0.25) is 0 Å². The summed E-state index contributed by atoms with van der Waals surface area (Å²) in [5.41, 5.74) is 1.76. The summed E-state index contributed by atoms with van der Waals surface area (Å²) in [7, 11) is 9.61. The molecule has 0 saturated heterocycles. The monoisotopic (exact) mass is 368 g/mol. The number of hydrogen-bond donors (Lipinski definition) is 0. The Morgan fingerprint density at radius 3 is 1.95 bits per heavy atom. The van der Waals surface area contributed by atoms with E-state index in [0.29, 0.717) is 12.7 Å². The van der Waals surface area contributed by atoms with E-state index in [1.54, 1.807) is 0 Å². The molecular formula is C15H29Cl2NiP. The van der Waals surface area contributed by atoms with Gasteiger partial charge >= 0.3 is 33.0 Å². The van der Waals surface area contributed by atoms with E-state index in [4.69, 9.17) is 20.4 Å². The minimum absolute atomic E-state index is 0.208. The molecule has 0 heterocycles. The van der Waals surface area contributed by atoms with Crippen LogP contribution < -0.4 is 0 Å². The molecule has 118 valence electrons. The fourth-order valence-corrected chi connectivity index (χ4v) is 5.12. The molecule has 0 aliphatic heterocycles. The number of rotatable bonds is 5. The standard InChI is InChI=1S/C15H29P.2ClH.Ni/c1-13(2)16(14(3)4)12-8-11-15-9-6-5-7-10-15;;;/h8,11,13-15H,5-7,9-10,12H2,1-4H3;2*1H;/q;;;+2/p-2. The second kappa shape index (κ2) is 12.9. The van der Waals surface area contributed by atoms with Crippen molar-refractivity contribution in [3.05, 3.63) is 12.2 Å². The predicted molar refractivity (Wildman–Crippen MR) is 89.5 cm³/mol. The summed E-state index contributed by atoms with van der Waals surface area (Å²) >= 11 is 0.569. The van der Waals surface area contributed by atoms with Crippen LogP contribution in [0.3, 0.4) is 0 Å². The Morgan fingerprint density at radius 1 is 1.05 bits per heavy atom. The van der Waals surface area contributed by atoms with Crippen LogP contribution >= 0.6 is 28.3 Å². The van der Waals surface area contributed by atoms with Crippen LogP contribution in [0.2, 0.25) is 0 Å². The Morgan fingerprint density at radius 2 is 1.53 bits per heavy atom. The molecule has 1 saturated carbocycles. The van der Waals surface area contributed by atoms with E-state index >= 15 is 0 Å². The Hall–Kier alpha value is 1.24. The van der Waals surface area contributed by atoms with Gasteiger partial charge in [0, 0.05) is 0 Å². The van der Waals surface area contributed by atoms with Gasteiger partial charge in [-0.2, -0.15) is 0 Å². The zero-order valence-corrected chi connectivity index (χ0v) is 16.0. The summed E-state index contributed by atoms with van der Waals surface area (Å²) in [6.07, 6.45) is 13.6. The van der Waals surface area contributed by atoms with Crippen LogP contribution in [0.1, 0.15) is 59.8 Å². The molecule has 1 rings (SSSR count). The van der Waals surface area contributed by atoms with E-state index < -0.39 is 0 Å². The molecule has 0 radical (unpaired) electrons. The average molecular weight is 370 g/mol. The summed E-state index contributed by atoms with van der Waals surface area (Å²) in [5, 5.41) is 0. The van der Waals surface area contributed by atoms with Gasteiger partial charge in [-0.25, -0.2) is 0 Å². The molecule has 4 heteroatoms. The van der Waals surface area contributed by atoms with Gasteiger partial charge in [-0.1, -0.05) is 67.0 Å². The molecule has 1 fully saturated rings. The predicted octanol–water partition coefficient (Wildman–Crippen LogP) is 6.80. The second-order valence-corrected chi connectivity index (χ2v) is 10.8. The average Bonchev–Trinajstić information content (AvgIpc) is 2.36. The van der Waals surface area contributed by atoms with E-state index in [-0.39, 0.29) is 7.92 Å². The van der Waals surface area contributed by atoms with Crippen LogP contribution in [-0.4, -0.2) is 17.5 Å². The molecule has 0 aromatic carbocycles. The van der Waals surface area contributed by atoms with Crippen LogP contribution in [0.25, 0.3) is 0 Å². The zero-order chi connectivity index (χ0) is 14.7. The fraction of sp³-hybridized carbons (Fsp3) is 0.867. The molecule has 0 atom stereocenters. The van der Waals surface area contributed by atoms with Gasteiger partial charge in [0.1, 0.15) is 0 Å². The first kappa shape index (κ1) is 20.2. The van der Waals surface area contributed by atoms with Gasteiger partial charge in [0.25, 0.3) is 0 Å². The minimum atomic E-state index is 0.208.